The molecule has 2 nitrogen and oxygen atoms in total. The van der Waals surface area contributed by atoms with Crippen LogP contribution in [0, 0.1) is 0 Å². The Morgan fingerprint density at radius 3 is 2.71 bits per heavy atom. The summed E-state index contributed by atoms with van der Waals surface area (Å²) in [5, 5.41) is 3.36. The zero-order valence-electron chi connectivity index (χ0n) is 11.1. The van der Waals surface area contributed by atoms with E-state index in [1.807, 2.05) is 7.05 Å². The molecule has 1 N–H and O–H groups in total. The topological polar surface area (TPSA) is 21.3 Å². The Kier molecular flexibility index (Phi) is 4.06. The lowest BCUT2D eigenvalue weighted by Crippen LogP contribution is -2.36. The number of rotatable bonds is 4. The Balaban J connectivity index is 2.12. The van der Waals surface area contributed by atoms with Crippen LogP contribution in [0.25, 0.3) is 0 Å². The van der Waals surface area contributed by atoms with Gasteiger partial charge in [0.05, 0.1) is 0 Å². The van der Waals surface area contributed by atoms with Crippen LogP contribution in [0.2, 0.25) is 0 Å². The number of hydrogen-bond acceptors (Lipinski definition) is 2. The molecule has 1 aliphatic carbocycles. The third kappa shape index (κ3) is 2.81. The number of hydrogen-bond donors (Lipinski definition) is 1. The van der Waals surface area contributed by atoms with Gasteiger partial charge in [-0.25, -0.2) is 0 Å². The van der Waals surface area contributed by atoms with Gasteiger partial charge in [-0.05, 0) is 43.9 Å². The molecule has 0 amide bonds. The largest absolute Gasteiger partial charge is 0.489 e. The summed E-state index contributed by atoms with van der Waals surface area (Å²) < 4.78 is 6.21. The summed E-state index contributed by atoms with van der Waals surface area (Å²) >= 11 is 0. The highest BCUT2D eigenvalue weighted by Gasteiger charge is 2.28. The Morgan fingerprint density at radius 1 is 1.24 bits per heavy atom. The minimum atomic E-state index is 0.333. The molecule has 2 atom stereocenters. The average Bonchev–Trinajstić information content (AvgIpc) is 2.77. The SMILES string of the molecule is CNC1CCCC1Oc1ccccc1C(C)C. The molecule has 0 aromatic heterocycles. The van der Waals surface area contributed by atoms with Gasteiger partial charge < -0.3 is 10.1 Å². The molecule has 0 saturated heterocycles. The van der Waals surface area contributed by atoms with Gasteiger partial charge in [0.15, 0.2) is 0 Å². The van der Waals surface area contributed by atoms with E-state index in [4.69, 9.17) is 4.74 Å². The van der Waals surface area contributed by atoms with E-state index in [2.05, 4.69) is 43.4 Å². The molecule has 0 bridgehead atoms. The van der Waals surface area contributed by atoms with Crippen LogP contribution in [0.1, 0.15) is 44.6 Å². The van der Waals surface area contributed by atoms with Crippen LogP contribution in [-0.2, 0) is 0 Å². The molecular weight excluding hydrogens is 210 g/mol. The summed E-state index contributed by atoms with van der Waals surface area (Å²) in [5.74, 6) is 1.58. The van der Waals surface area contributed by atoms with Gasteiger partial charge in [-0.15, -0.1) is 0 Å². The van der Waals surface area contributed by atoms with Crippen LogP contribution in [-0.4, -0.2) is 19.2 Å². The predicted octanol–water partition coefficient (Wildman–Crippen LogP) is 3.33. The van der Waals surface area contributed by atoms with Crippen LogP contribution in [0.5, 0.6) is 5.75 Å². The van der Waals surface area contributed by atoms with Crippen molar-refractivity contribution in [2.24, 2.45) is 0 Å². The molecule has 2 unspecified atom stereocenters. The Bertz CT molecular complexity index is 362. The second kappa shape index (κ2) is 5.54. The van der Waals surface area contributed by atoms with Gasteiger partial charge in [0.25, 0.3) is 0 Å². The fourth-order valence-corrected chi connectivity index (χ4v) is 2.63. The highest BCUT2D eigenvalue weighted by atomic mass is 16.5. The first kappa shape index (κ1) is 12.4. The van der Waals surface area contributed by atoms with Gasteiger partial charge in [-0.2, -0.15) is 0 Å². The van der Waals surface area contributed by atoms with E-state index < -0.39 is 0 Å². The molecule has 0 spiro atoms. The molecule has 0 aliphatic heterocycles. The molecule has 2 rings (SSSR count). The van der Waals surface area contributed by atoms with Crippen molar-refractivity contribution in [2.75, 3.05) is 7.05 Å². The fourth-order valence-electron chi connectivity index (χ4n) is 2.63. The molecule has 94 valence electrons. The summed E-state index contributed by atoms with van der Waals surface area (Å²) in [7, 11) is 2.03. The molecule has 17 heavy (non-hydrogen) atoms. The van der Waals surface area contributed by atoms with Crippen LogP contribution >= 0.6 is 0 Å². The standard InChI is InChI=1S/C15H23NO/c1-11(2)12-7-4-5-9-14(12)17-15-10-6-8-13(15)16-3/h4-5,7,9,11,13,15-16H,6,8,10H2,1-3H3. The van der Waals surface area contributed by atoms with Gasteiger partial charge in [0.1, 0.15) is 11.9 Å². The molecule has 1 fully saturated rings. The molecule has 0 radical (unpaired) electrons. The second-order valence-corrected chi connectivity index (χ2v) is 5.17. The summed E-state index contributed by atoms with van der Waals surface area (Å²) in [4.78, 5) is 0. The maximum atomic E-state index is 6.21. The number of nitrogens with one attached hydrogen (secondary N) is 1. The first-order valence-electron chi connectivity index (χ1n) is 6.65. The fraction of sp³-hybridized carbons (Fsp3) is 0.600. The molecule has 0 heterocycles. The molecule has 1 aromatic carbocycles. The Labute approximate surface area is 104 Å². The molecular formula is C15H23NO. The van der Waals surface area contributed by atoms with Gasteiger partial charge in [0, 0.05) is 6.04 Å². The molecule has 1 aromatic rings. The van der Waals surface area contributed by atoms with Gasteiger partial charge in [-0.3, -0.25) is 0 Å². The normalized spacial score (nSPS) is 24.2. The van der Waals surface area contributed by atoms with E-state index in [1.165, 1.54) is 18.4 Å². The lowest BCUT2D eigenvalue weighted by Gasteiger charge is -2.23. The third-order valence-corrected chi connectivity index (χ3v) is 3.64. The monoisotopic (exact) mass is 233 g/mol. The van der Waals surface area contributed by atoms with E-state index in [9.17, 15) is 0 Å². The highest BCUT2D eigenvalue weighted by molar-refractivity contribution is 5.35. The van der Waals surface area contributed by atoms with Crippen LogP contribution in [0.4, 0.5) is 0 Å². The number of benzene rings is 1. The minimum Gasteiger partial charge on any atom is -0.489 e. The summed E-state index contributed by atoms with van der Waals surface area (Å²) in [6, 6.07) is 8.93. The summed E-state index contributed by atoms with van der Waals surface area (Å²) in [6.07, 6.45) is 3.99. The zero-order chi connectivity index (χ0) is 12.3. The van der Waals surface area contributed by atoms with E-state index >= 15 is 0 Å². The highest BCUT2D eigenvalue weighted by Crippen LogP contribution is 2.30. The van der Waals surface area contributed by atoms with Crippen molar-refractivity contribution in [1.29, 1.82) is 0 Å². The van der Waals surface area contributed by atoms with Crippen LogP contribution in [0.3, 0.4) is 0 Å². The van der Waals surface area contributed by atoms with Crippen molar-refractivity contribution in [3.05, 3.63) is 29.8 Å². The molecule has 1 saturated carbocycles. The number of para-hydroxylation sites is 1. The third-order valence-electron chi connectivity index (χ3n) is 3.64. The maximum Gasteiger partial charge on any atom is 0.123 e. The van der Waals surface area contributed by atoms with Crippen molar-refractivity contribution < 1.29 is 4.74 Å². The van der Waals surface area contributed by atoms with Gasteiger partial charge in [0.2, 0.25) is 0 Å². The molecule has 1 aliphatic rings. The van der Waals surface area contributed by atoms with Crippen LogP contribution in [0.15, 0.2) is 24.3 Å². The smallest absolute Gasteiger partial charge is 0.123 e. The summed E-state index contributed by atoms with van der Waals surface area (Å²) in [6.45, 7) is 4.43. The quantitative estimate of drug-likeness (QED) is 0.861. The lowest BCUT2D eigenvalue weighted by atomic mass is 10.0. The lowest BCUT2D eigenvalue weighted by molar-refractivity contribution is 0.177. The van der Waals surface area contributed by atoms with Gasteiger partial charge in [-0.1, -0.05) is 32.0 Å². The van der Waals surface area contributed by atoms with Crippen LogP contribution < -0.4 is 10.1 Å². The van der Waals surface area contributed by atoms with Crippen molar-refractivity contribution >= 4 is 0 Å². The Morgan fingerprint density at radius 2 is 2.00 bits per heavy atom. The predicted molar refractivity (Wildman–Crippen MR) is 71.6 cm³/mol. The van der Waals surface area contributed by atoms with Crippen molar-refractivity contribution in [3.63, 3.8) is 0 Å². The number of likely N-dealkylation sites (N-methyl/N-ethyl adjacent to an activating group) is 1. The Hall–Kier alpha value is -1.02. The van der Waals surface area contributed by atoms with Crippen molar-refractivity contribution in [3.8, 4) is 5.75 Å². The van der Waals surface area contributed by atoms with E-state index in [-0.39, 0.29) is 0 Å². The first-order chi connectivity index (χ1) is 8.22. The van der Waals surface area contributed by atoms with Gasteiger partial charge >= 0.3 is 0 Å². The first-order valence-corrected chi connectivity index (χ1v) is 6.65. The second-order valence-electron chi connectivity index (χ2n) is 5.17. The number of ether oxygens (including phenoxy) is 1. The van der Waals surface area contributed by atoms with E-state index in [1.54, 1.807) is 0 Å². The summed E-state index contributed by atoms with van der Waals surface area (Å²) in [5.41, 5.74) is 1.31. The molecule has 2 heteroatoms. The zero-order valence-corrected chi connectivity index (χ0v) is 11.1. The van der Waals surface area contributed by atoms with Crippen molar-refractivity contribution in [2.45, 2.75) is 51.2 Å². The minimum absolute atomic E-state index is 0.333. The average molecular weight is 233 g/mol. The maximum absolute atomic E-state index is 6.21. The van der Waals surface area contributed by atoms with E-state index in [0.29, 0.717) is 18.1 Å². The van der Waals surface area contributed by atoms with Crippen molar-refractivity contribution in [1.82, 2.24) is 5.32 Å². The van der Waals surface area contributed by atoms with E-state index in [0.717, 1.165) is 12.2 Å².